The molecule has 0 aromatic heterocycles. The molecule has 0 bridgehead atoms. The molecule has 0 amide bonds. The van der Waals surface area contributed by atoms with Crippen LogP contribution in [-0.4, -0.2) is 28.4 Å². The van der Waals surface area contributed by atoms with Gasteiger partial charge >= 0.3 is 5.97 Å². The van der Waals surface area contributed by atoms with Crippen molar-refractivity contribution in [2.24, 2.45) is 4.99 Å². The maximum atomic E-state index is 12.7. The first-order chi connectivity index (χ1) is 12.4. The van der Waals surface area contributed by atoms with Crippen molar-refractivity contribution in [1.82, 2.24) is 4.90 Å². The van der Waals surface area contributed by atoms with Gasteiger partial charge in [0.2, 0.25) is 0 Å². The first-order valence-corrected chi connectivity index (χ1v) is 9.43. The first-order valence-electron chi connectivity index (χ1n) is 8.61. The lowest BCUT2D eigenvalue weighted by Gasteiger charge is -2.35. The van der Waals surface area contributed by atoms with Crippen LogP contribution in [0.15, 0.2) is 57.2 Å². The molecule has 6 heteroatoms. The van der Waals surface area contributed by atoms with Gasteiger partial charge in [0.05, 0.1) is 23.9 Å². The number of hydrogen-bond donors (Lipinski definition) is 0. The SMILES string of the molecule is CCOC(=O)C1=C(C)N=C2SC(CC(C)=O)=C(C)N2C1c1ccccc1. The molecule has 26 heavy (non-hydrogen) atoms. The summed E-state index contributed by atoms with van der Waals surface area (Å²) in [4.78, 5) is 32.0. The fourth-order valence-electron chi connectivity index (χ4n) is 3.23. The largest absolute Gasteiger partial charge is 0.463 e. The van der Waals surface area contributed by atoms with Crippen LogP contribution in [0.25, 0.3) is 0 Å². The fraction of sp³-hybridized carbons (Fsp3) is 0.350. The number of ether oxygens (including phenoxy) is 1. The number of hydrogen-bond acceptors (Lipinski definition) is 6. The Bertz CT molecular complexity index is 840. The number of aliphatic imine (C=N–C) groups is 1. The number of carbonyl (C=O) groups excluding carboxylic acids is 2. The molecule has 0 saturated heterocycles. The van der Waals surface area contributed by atoms with E-state index in [4.69, 9.17) is 4.74 Å². The molecule has 136 valence electrons. The summed E-state index contributed by atoms with van der Waals surface area (Å²) in [5.41, 5.74) is 3.16. The summed E-state index contributed by atoms with van der Waals surface area (Å²) >= 11 is 1.51. The molecule has 3 rings (SSSR count). The van der Waals surface area contributed by atoms with Gasteiger partial charge in [-0.3, -0.25) is 4.79 Å². The molecule has 5 nitrogen and oxygen atoms in total. The molecule has 0 N–H and O–H groups in total. The van der Waals surface area contributed by atoms with E-state index in [2.05, 4.69) is 9.89 Å². The number of esters is 1. The van der Waals surface area contributed by atoms with Gasteiger partial charge in [0.25, 0.3) is 0 Å². The summed E-state index contributed by atoms with van der Waals surface area (Å²) in [6.07, 6.45) is 0.376. The molecule has 1 aromatic rings. The molecule has 1 atom stereocenters. The van der Waals surface area contributed by atoms with E-state index in [0.29, 0.717) is 24.3 Å². The minimum atomic E-state index is -0.348. The Hall–Kier alpha value is -2.34. The summed E-state index contributed by atoms with van der Waals surface area (Å²) in [7, 11) is 0. The van der Waals surface area contributed by atoms with Crippen molar-refractivity contribution >= 4 is 28.7 Å². The second-order valence-electron chi connectivity index (χ2n) is 6.29. The molecule has 2 aliphatic heterocycles. The van der Waals surface area contributed by atoms with E-state index in [0.717, 1.165) is 21.3 Å². The van der Waals surface area contributed by atoms with Gasteiger partial charge in [-0.15, -0.1) is 0 Å². The molecule has 0 radical (unpaired) electrons. The quantitative estimate of drug-likeness (QED) is 0.727. The number of allylic oxidation sites excluding steroid dienone is 3. The van der Waals surface area contributed by atoms with E-state index < -0.39 is 0 Å². The lowest BCUT2D eigenvalue weighted by Crippen LogP contribution is -2.36. The molecule has 0 aliphatic carbocycles. The van der Waals surface area contributed by atoms with Crippen molar-refractivity contribution in [2.75, 3.05) is 6.61 Å². The highest BCUT2D eigenvalue weighted by molar-refractivity contribution is 8.17. The average molecular weight is 370 g/mol. The number of amidine groups is 1. The van der Waals surface area contributed by atoms with Crippen molar-refractivity contribution in [2.45, 2.75) is 40.2 Å². The standard InChI is InChI=1S/C20H22N2O3S/c1-5-25-19(24)17-13(3)21-20-22(14(4)16(26-20)11-12(2)23)18(17)15-9-7-6-8-10-15/h6-10,18H,5,11H2,1-4H3. The first kappa shape index (κ1) is 18.5. The van der Waals surface area contributed by atoms with Crippen LogP contribution >= 0.6 is 11.8 Å². The van der Waals surface area contributed by atoms with Crippen molar-refractivity contribution in [3.8, 4) is 0 Å². The van der Waals surface area contributed by atoms with Crippen molar-refractivity contribution in [3.63, 3.8) is 0 Å². The van der Waals surface area contributed by atoms with Crippen LogP contribution in [0.1, 0.15) is 45.7 Å². The molecule has 0 saturated carbocycles. The highest BCUT2D eigenvalue weighted by atomic mass is 32.2. The summed E-state index contributed by atoms with van der Waals surface area (Å²) in [5.74, 6) is -0.238. The number of ketones is 1. The molecule has 0 fully saturated rings. The van der Waals surface area contributed by atoms with Gasteiger partial charge in [0.15, 0.2) is 5.17 Å². The number of thioether (sulfide) groups is 1. The zero-order valence-electron chi connectivity index (χ0n) is 15.4. The van der Waals surface area contributed by atoms with Crippen LogP contribution in [0.5, 0.6) is 0 Å². The highest BCUT2D eigenvalue weighted by Crippen LogP contribution is 2.47. The van der Waals surface area contributed by atoms with Crippen molar-refractivity contribution in [3.05, 3.63) is 57.8 Å². The Morgan fingerprint density at radius 1 is 1.23 bits per heavy atom. The van der Waals surface area contributed by atoms with Crippen LogP contribution in [0.4, 0.5) is 0 Å². The van der Waals surface area contributed by atoms with Crippen molar-refractivity contribution < 1.29 is 14.3 Å². The summed E-state index contributed by atoms with van der Waals surface area (Å²) < 4.78 is 5.31. The molecule has 2 heterocycles. The average Bonchev–Trinajstić information content (AvgIpc) is 2.89. The predicted octanol–water partition coefficient (Wildman–Crippen LogP) is 4.19. The lowest BCUT2D eigenvalue weighted by atomic mass is 9.94. The third-order valence-corrected chi connectivity index (χ3v) is 5.55. The van der Waals surface area contributed by atoms with E-state index in [-0.39, 0.29) is 17.8 Å². The number of benzene rings is 1. The van der Waals surface area contributed by atoms with E-state index in [1.807, 2.05) is 44.2 Å². The Kier molecular flexibility index (Phi) is 5.32. The van der Waals surface area contributed by atoms with Crippen LogP contribution in [0, 0.1) is 0 Å². The molecule has 1 unspecified atom stereocenters. The number of nitrogens with zero attached hydrogens (tertiary/aromatic N) is 2. The Labute approximate surface area is 157 Å². The second-order valence-corrected chi connectivity index (χ2v) is 7.35. The lowest BCUT2D eigenvalue weighted by molar-refractivity contribution is -0.139. The van der Waals surface area contributed by atoms with Gasteiger partial charge in [-0.1, -0.05) is 42.1 Å². The Balaban J connectivity index is 2.13. The van der Waals surface area contributed by atoms with Gasteiger partial charge in [-0.05, 0) is 33.3 Å². The molecule has 0 spiro atoms. The van der Waals surface area contributed by atoms with Gasteiger partial charge in [0.1, 0.15) is 5.78 Å². The van der Waals surface area contributed by atoms with Crippen LogP contribution in [0.2, 0.25) is 0 Å². The fourth-order valence-corrected chi connectivity index (χ4v) is 4.50. The summed E-state index contributed by atoms with van der Waals surface area (Å²) in [6, 6.07) is 9.56. The van der Waals surface area contributed by atoms with Gasteiger partial charge < -0.3 is 9.64 Å². The number of rotatable bonds is 5. The van der Waals surface area contributed by atoms with Gasteiger partial charge in [0, 0.05) is 17.0 Å². The smallest absolute Gasteiger partial charge is 0.338 e. The maximum absolute atomic E-state index is 12.7. The third kappa shape index (κ3) is 3.33. The summed E-state index contributed by atoms with van der Waals surface area (Å²) in [5, 5.41) is 0.804. The number of carbonyl (C=O) groups is 2. The van der Waals surface area contributed by atoms with Gasteiger partial charge in [-0.2, -0.15) is 0 Å². The van der Waals surface area contributed by atoms with E-state index >= 15 is 0 Å². The zero-order valence-corrected chi connectivity index (χ0v) is 16.2. The van der Waals surface area contributed by atoms with E-state index in [9.17, 15) is 9.59 Å². The van der Waals surface area contributed by atoms with Crippen LogP contribution < -0.4 is 0 Å². The number of fused-ring (bicyclic) bond motifs is 1. The van der Waals surface area contributed by atoms with E-state index in [1.54, 1.807) is 13.8 Å². The van der Waals surface area contributed by atoms with Crippen molar-refractivity contribution in [1.29, 1.82) is 0 Å². The molecule has 1 aromatic carbocycles. The monoisotopic (exact) mass is 370 g/mol. The van der Waals surface area contributed by atoms with E-state index in [1.165, 1.54) is 11.8 Å². The Morgan fingerprint density at radius 3 is 2.54 bits per heavy atom. The third-order valence-electron chi connectivity index (χ3n) is 4.39. The number of Topliss-reactive ketones (excluding diaryl/α,β-unsaturated/α-hetero) is 1. The zero-order chi connectivity index (χ0) is 18.8. The molecule has 2 aliphatic rings. The maximum Gasteiger partial charge on any atom is 0.338 e. The topological polar surface area (TPSA) is 59.0 Å². The normalized spacial score (nSPS) is 19.5. The highest BCUT2D eigenvalue weighted by Gasteiger charge is 2.41. The van der Waals surface area contributed by atoms with Gasteiger partial charge in [-0.25, -0.2) is 9.79 Å². The second kappa shape index (κ2) is 7.50. The minimum absolute atomic E-state index is 0.110. The molecular weight excluding hydrogens is 348 g/mol. The molecular formula is C20H22N2O3S. The van der Waals surface area contributed by atoms with Crippen LogP contribution in [0.3, 0.4) is 0 Å². The predicted molar refractivity (Wildman–Crippen MR) is 103 cm³/mol. The minimum Gasteiger partial charge on any atom is -0.463 e. The summed E-state index contributed by atoms with van der Waals surface area (Å²) in [6.45, 7) is 7.51. The van der Waals surface area contributed by atoms with Crippen LogP contribution in [-0.2, 0) is 14.3 Å². The Morgan fingerprint density at radius 2 is 1.92 bits per heavy atom.